The molecule has 1 aliphatic heterocycles. The van der Waals surface area contributed by atoms with Gasteiger partial charge in [-0.15, -0.1) is 0 Å². The van der Waals surface area contributed by atoms with Gasteiger partial charge in [0.15, 0.2) is 0 Å². The van der Waals surface area contributed by atoms with Crippen LogP contribution in [-0.2, 0) is 24.1 Å². The molecule has 1 unspecified atom stereocenters. The van der Waals surface area contributed by atoms with E-state index in [1.807, 2.05) is 18.2 Å². The van der Waals surface area contributed by atoms with Gasteiger partial charge in [0.1, 0.15) is 6.04 Å². The van der Waals surface area contributed by atoms with Crippen LogP contribution in [0.3, 0.4) is 0 Å². The maximum absolute atomic E-state index is 12.2. The first-order valence-electron chi connectivity index (χ1n) is 8.87. The minimum absolute atomic E-state index is 0.0921. The summed E-state index contributed by atoms with van der Waals surface area (Å²) in [5, 5.41) is 9.48. The molecular weight excluding hydrogens is 332 g/mol. The molecular formula is C19H20N4O3. The van der Waals surface area contributed by atoms with Crippen LogP contribution in [0, 0.1) is 0 Å². The van der Waals surface area contributed by atoms with Gasteiger partial charge < -0.3 is 5.32 Å². The number of hydrogen-bond acceptors (Lipinski definition) is 4. The highest BCUT2D eigenvalue weighted by atomic mass is 16.2. The summed E-state index contributed by atoms with van der Waals surface area (Å²) in [4.78, 5) is 37.4. The Morgan fingerprint density at radius 1 is 1.15 bits per heavy atom. The third kappa shape index (κ3) is 2.79. The fourth-order valence-corrected chi connectivity index (χ4v) is 3.72. The molecule has 2 aromatic rings. The number of anilines is 1. The molecule has 2 N–H and O–H groups in total. The van der Waals surface area contributed by atoms with Crippen LogP contribution in [-0.4, -0.2) is 28.2 Å². The number of benzene rings is 1. The first-order chi connectivity index (χ1) is 12.5. The van der Waals surface area contributed by atoms with Gasteiger partial charge in [-0.25, -0.2) is 14.8 Å². The Kier molecular flexibility index (Phi) is 4.06. The summed E-state index contributed by atoms with van der Waals surface area (Å²) in [6.07, 6.45) is 4.30. The minimum atomic E-state index is -0.515. The van der Waals surface area contributed by atoms with Gasteiger partial charge >= 0.3 is 6.03 Å². The van der Waals surface area contributed by atoms with E-state index in [0.29, 0.717) is 12.1 Å². The average Bonchev–Trinajstić information content (AvgIpc) is 2.90. The number of carbonyl (C=O) groups excluding carboxylic acids is 2. The average molecular weight is 352 g/mol. The third-order valence-electron chi connectivity index (χ3n) is 5.06. The summed E-state index contributed by atoms with van der Waals surface area (Å²) in [6.45, 7) is 1.67. The quantitative estimate of drug-likeness (QED) is 0.822. The van der Waals surface area contributed by atoms with Crippen molar-refractivity contribution in [1.29, 1.82) is 0 Å². The topological polar surface area (TPSA) is 95.2 Å². The van der Waals surface area contributed by atoms with E-state index in [1.165, 1.54) is 4.90 Å². The van der Waals surface area contributed by atoms with Crippen LogP contribution in [0.4, 0.5) is 10.5 Å². The molecule has 0 saturated carbocycles. The lowest BCUT2D eigenvalue weighted by molar-refractivity contribution is -0.117. The van der Waals surface area contributed by atoms with E-state index in [2.05, 4.69) is 15.5 Å². The van der Waals surface area contributed by atoms with Crippen LogP contribution >= 0.6 is 0 Å². The smallest absolute Gasteiger partial charge is 0.326 e. The second-order valence-corrected chi connectivity index (χ2v) is 6.86. The number of amides is 3. The molecule has 2 heterocycles. The maximum atomic E-state index is 12.2. The number of nitrogens with one attached hydrogen (secondary N) is 2. The lowest BCUT2D eigenvalue weighted by atomic mass is 9.90. The first kappa shape index (κ1) is 16.5. The van der Waals surface area contributed by atoms with E-state index < -0.39 is 12.1 Å². The number of carbonyl (C=O) groups is 2. The van der Waals surface area contributed by atoms with Crippen molar-refractivity contribution in [2.24, 2.45) is 0 Å². The maximum Gasteiger partial charge on any atom is 0.329 e. The molecule has 2 aliphatic rings. The Hall–Kier alpha value is -2.96. The zero-order valence-electron chi connectivity index (χ0n) is 14.5. The Morgan fingerprint density at radius 3 is 2.65 bits per heavy atom. The lowest BCUT2D eigenvalue weighted by Crippen LogP contribution is -2.30. The Bertz CT molecular complexity index is 950. The Labute approximate surface area is 150 Å². The van der Waals surface area contributed by atoms with Crippen LogP contribution in [0.15, 0.2) is 29.1 Å². The van der Waals surface area contributed by atoms with Gasteiger partial charge in [0.2, 0.25) is 0 Å². The van der Waals surface area contributed by atoms with Crippen molar-refractivity contribution in [2.75, 3.05) is 4.90 Å². The van der Waals surface area contributed by atoms with Crippen molar-refractivity contribution in [2.45, 2.75) is 45.1 Å². The van der Waals surface area contributed by atoms with Crippen molar-refractivity contribution in [3.63, 3.8) is 0 Å². The fourth-order valence-electron chi connectivity index (χ4n) is 3.72. The zero-order valence-corrected chi connectivity index (χ0v) is 14.5. The van der Waals surface area contributed by atoms with Gasteiger partial charge in [-0.3, -0.25) is 9.59 Å². The van der Waals surface area contributed by atoms with Crippen molar-refractivity contribution in [3.05, 3.63) is 57.0 Å². The summed E-state index contributed by atoms with van der Waals surface area (Å²) in [5.74, 6) is -0.258. The molecule has 1 fully saturated rings. The molecule has 0 spiro atoms. The van der Waals surface area contributed by atoms with Gasteiger partial charge in [0.25, 0.3) is 11.5 Å². The highest BCUT2D eigenvalue weighted by molar-refractivity contribution is 6.21. The highest BCUT2D eigenvalue weighted by Crippen LogP contribution is 2.25. The number of fused-ring (bicyclic) bond motifs is 1. The molecule has 134 valence electrons. The number of nitrogens with zero attached hydrogens (tertiary/aromatic N) is 2. The summed E-state index contributed by atoms with van der Waals surface area (Å²) < 4.78 is 0. The number of rotatable bonds is 3. The van der Waals surface area contributed by atoms with E-state index in [-0.39, 0.29) is 11.5 Å². The number of aromatic amines is 1. The van der Waals surface area contributed by atoms with Gasteiger partial charge in [-0.05, 0) is 55.9 Å². The predicted octanol–water partition coefficient (Wildman–Crippen LogP) is 1.68. The van der Waals surface area contributed by atoms with Crippen LogP contribution < -0.4 is 15.8 Å². The number of imide groups is 1. The molecule has 7 nitrogen and oxygen atoms in total. The third-order valence-corrected chi connectivity index (χ3v) is 5.06. The molecule has 1 aromatic carbocycles. The Balaban J connectivity index is 1.66. The van der Waals surface area contributed by atoms with E-state index in [9.17, 15) is 14.4 Å². The van der Waals surface area contributed by atoms with Crippen LogP contribution in [0.1, 0.15) is 42.1 Å². The normalized spacial score (nSPS) is 19.4. The summed E-state index contributed by atoms with van der Waals surface area (Å²) >= 11 is 0. The van der Waals surface area contributed by atoms with Crippen molar-refractivity contribution in [3.8, 4) is 0 Å². The summed E-state index contributed by atoms with van der Waals surface area (Å²) in [5.41, 5.74) is 4.16. The zero-order chi connectivity index (χ0) is 18.3. The van der Waals surface area contributed by atoms with Gasteiger partial charge in [0.05, 0.1) is 11.4 Å². The van der Waals surface area contributed by atoms with Gasteiger partial charge in [0, 0.05) is 12.0 Å². The molecule has 4 rings (SSSR count). The Morgan fingerprint density at radius 2 is 1.92 bits per heavy atom. The van der Waals surface area contributed by atoms with Crippen molar-refractivity contribution < 1.29 is 9.59 Å². The second-order valence-electron chi connectivity index (χ2n) is 6.86. The lowest BCUT2D eigenvalue weighted by Gasteiger charge is -2.18. The second kappa shape index (κ2) is 6.40. The van der Waals surface area contributed by atoms with Crippen LogP contribution in [0.25, 0.3) is 0 Å². The monoisotopic (exact) mass is 352 g/mol. The first-order valence-corrected chi connectivity index (χ1v) is 8.87. The highest BCUT2D eigenvalue weighted by Gasteiger charge is 2.36. The van der Waals surface area contributed by atoms with E-state index in [0.717, 1.165) is 48.1 Å². The summed E-state index contributed by atoms with van der Waals surface area (Å²) in [6, 6.07) is 6.42. The molecule has 1 atom stereocenters. The number of aromatic nitrogens is 2. The molecule has 1 aliphatic carbocycles. The van der Waals surface area contributed by atoms with E-state index in [4.69, 9.17) is 0 Å². The molecule has 0 bridgehead atoms. The fraction of sp³-hybridized carbons (Fsp3) is 0.368. The number of hydrogen-bond donors (Lipinski definition) is 2. The van der Waals surface area contributed by atoms with Crippen molar-refractivity contribution in [1.82, 2.24) is 15.5 Å². The summed E-state index contributed by atoms with van der Waals surface area (Å²) in [7, 11) is 0. The predicted molar refractivity (Wildman–Crippen MR) is 96.2 cm³/mol. The van der Waals surface area contributed by atoms with Gasteiger partial charge in [-0.1, -0.05) is 12.1 Å². The van der Waals surface area contributed by atoms with Crippen molar-refractivity contribution >= 4 is 17.6 Å². The molecule has 1 saturated heterocycles. The van der Waals surface area contributed by atoms with Crippen LogP contribution in [0.2, 0.25) is 0 Å². The van der Waals surface area contributed by atoms with Crippen LogP contribution in [0.5, 0.6) is 0 Å². The molecule has 0 radical (unpaired) electrons. The molecule has 1 aromatic heterocycles. The SMILES string of the molecule is CC1NC(=O)N(c2cccc(Cc3n[nH]c(=O)c4c3CCCC4)c2)C1=O. The number of H-pyrrole nitrogens is 1. The largest absolute Gasteiger partial charge is 0.329 e. The standard InChI is InChI=1S/C19H20N4O3/c1-11-18(25)23(19(26)20-11)13-6-4-5-12(9-13)10-16-14-7-2-3-8-15(14)17(24)22-21-16/h4-6,9,11H,2-3,7-8,10H2,1H3,(H,20,26)(H,22,24). The minimum Gasteiger partial charge on any atom is -0.326 e. The number of urea groups is 1. The van der Waals surface area contributed by atoms with E-state index in [1.54, 1.807) is 13.0 Å². The van der Waals surface area contributed by atoms with Gasteiger partial charge in [-0.2, -0.15) is 5.10 Å². The molecule has 7 heteroatoms. The van der Waals surface area contributed by atoms with E-state index >= 15 is 0 Å². The molecule has 26 heavy (non-hydrogen) atoms. The molecule has 3 amide bonds.